The van der Waals surface area contributed by atoms with Crippen molar-refractivity contribution in [2.45, 2.75) is 38.9 Å². The second-order valence-electron chi connectivity index (χ2n) is 5.83. The molecule has 3 rings (SSSR count). The fourth-order valence-corrected chi connectivity index (χ4v) is 2.24. The molecule has 0 amide bonds. The maximum atomic E-state index is 6.08. The van der Waals surface area contributed by atoms with Crippen molar-refractivity contribution < 1.29 is 9.31 Å². The van der Waals surface area contributed by atoms with Crippen LogP contribution in [0, 0.1) is 0 Å². The van der Waals surface area contributed by atoms with E-state index in [1.54, 1.807) is 12.4 Å². The van der Waals surface area contributed by atoms with Gasteiger partial charge in [0.2, 0.25) is 0 Å². The number of pyridine rings is 1. The van der Waals surface area contributed by atoms with Gasteiger partial charge in [-0.3, -0.25) is 0 Å². The van der Waals surface area contributed by atoms with Crippen molar-refractivity contribution in [2.24, 2.45) is 0 Å². The minimum Gasteiger partial charge on any atom is -0.399 e. The summed E-state index contributed by atoms with van der Waals surface area (Å²) in [6.45, 7) is 8.10. The highest BCUT2D eigenvalue weighted by Crippen LogP contribution is 2.37. The van der Waals surface area contributed by atoms with Gasteiger partial charge in [-0.1, -0.05) is 11.6 Å². The zero-order chi connectivity index (χ0) is 13.8. The summed E-state index contributed by atoms with van der Waals surface area (Å²) in [4.78, 5) is 4.29. The van der Waals surface area contributed by atoms with E-state index in [1.165, 1.54) is 0 Å². The number of nitrogens with zero attached hydrogens (tertiary/aromatic N) is 2. The summed E-state index contributed by atoms with van der Waals surface area (Å²) < 4.78 is 12.0. The van der Waals surface area contributed by atoms with Crippen molar-refractivity contribution in [1.82, 2.24) is 10.3 Å². The molecule has 4 nitrogen and oxygen atoms in total. The summed E-state index contributed by atoms with van der Waals surface area (Å²) in [5.41, 5.74) is 0.969. The van der Waals surface area contributed by atoms with E-state index in [-0.39, 0.29) is 11.2 Å². The molecule has 0 aromatic carbocycles. The molecule has 19 heavy (non-hydrogen) atoms. The molecular formula is C13H15BClN2O2. The second kappa shape index (κ2) is 3.98. The van der Waals surface area contributed by atoms with Crippen molar-refractivity contribution in [3.05, 3.63) is 24.0 Å². The highest BCUT2D eigenvalue weighted by molar-refractivity contribution is 6.62. The summed E-state index contributed by atoms with van der Waals surface area (Å²) in [6, 6.07) is 1.93. The van der Waals surface area contributed by atoms with Gasteiger partial charge >= 0.3 is 7.12 Å². The lowest BCUT2D eigenvalue weighted by Gasteiger charge is -2.32. The van der Waals surface area contributed by atoms with E-state index < -0.39 is 7.12 Å². The SMILES string of the molecule is CC1(C)OB(c2cnc3c(c2)C(Cl)=C[N]3)OC1(C)C. The van der Waals surface area contributed by atoms with Gasteiger partial charge in [-0.2, -0.15) is 0 Å². The molecule has 2 aliphatic heterocycles. The first kappa shape index (κ1) is 13.0. The normalized spacial score (nSPS) is 23.0. The van der Waals surface area contributed by atoms with Crippen LogP contribution in [0.5, 0.6) is 0 Å². The zero-order valence-electron chi connectivity index (χ0n) is 11.4. The predicted octanol–water partition coefficient (Wildman–Crippen LogP) is 2.17. The standard InChI is InChI=1S/C13H15BClN2O2/c1-12(2)13(3,4)19-14(18-12)8-5-9-10(15)7-17-11(9)16-6-8/h5-7H,1-4H3. The molecule has 0 unspecified atom stereocenters. The molecule has 0 bridgehead atoms. The van der Waals surface area contributed by atoms with E-state index in [0.717, 1.165) is 11.0 Å². The summed E-state index contributed by atoms with van der Waals surface area (Å²) in [5.74, 6) is 0.644. The van der Waals surface area contributed by atoms with Crippen LogP contribution in [-0.2, 0) is 9.31 Å². The van der Waals surface area contributed by atoms with Crippen LogP contribution >= 0.6 is 11.6 Å². The zero-order valence-corrected chi connectivity index (χ0v) is 12.2. The van der Waals surface area contributed by atoms with Crippen molar-refractivity contribution in [1.29, 1.82) is 0 Å². The van der Waals surface area contributed by atoms with Gasteiger partial charge in [-0.25, -0.2) is 10.3 Å². The van der Waals surface area contributed by atoms with Crippen LogP contribution in [0.3, 0.4) is 0 Å². The molecule has 0 N–H and O–H groups in total. The van der Waals surface area contributed by atoms with Gasteiger partial charge in [0.25, 0.3) is 0 Å². The third-order valence-electron chi connectivity index (χ3n) is 3.97. The molecule has 0 saturated carbocycles. The Morgan fingerprint density at radius 3 is 2.42 bits per heavy atom. The molecular weight excluding hydrogens is 262 g/mol. The molecule has 0 spiro atoms. The average molecular weight is 278 g/mol. The first-order chi connectivity index (χ1) is 8.80. The van der Waals surface area contributed by atoms with Crippen LogP contribution < -0.4 is 10.8 Å². The molecule has 1 aromatic heterocycles. The van der Waals surface area contributed by atoms with Crippen LogP contribution in [0.4, 0.5) is 5.82 Å². The van der Waals surface area contributed by atoms with E-state index in [0.29, 0.717) is 10.9 Å². The first-order valence-electron chi connectivity index (χ1n) is 6.23. The quantitative estimate of drug-likeness (QED) is 0.739. The minimum absolute atomic E-state index is 0.360. The highest BCUT2D eigenvalue weighted by Gasteiger charge is 2.52. The van der Waals surface area contributed by atoms with Crippen molar-refractivity contribution >= 4 is 35.0 Å². The van der Waals surface area contributed by atoms with Crippen LogP contribution in [0.1, 0.15) is 33.3 Å². The molecule has 0 aliphatic carbocycles. The molecule has 1 aromatic rings. The van der Waals surface area contributed by atoms with Gasteiger partial charge < -0.3 is 9.31 Å². The van der Waals surface area contributed by atoms with Gasteiger partial charge in [0.15, 0.2) is 5.82 Å². The minimum atomic E-state index is -0.423. The molecule has 3 heterocycles. The van der Waals surface area contributed by atoms with Gasteiger partial charge in [0.1, 0.15) is 0 Å². The lowest BCUT2D eigenvalue weighted by molar-refractivity contribution is 0.00578. The average Bonchev–Trinajstić information content (AvgIpc) is 2.78. The van der Waals surface area contributed by atoms with Crippen LogP contribution in [0.15, 0.2) is 18.5 Å². The molecule has 1 radical (unpaired) electrons. The van der Waals surface area contributed by atoms with Gasteiger partial charge in [0, 0.05) is 23.4 Å². The highest BCUT2D eigenvalue weighted by atomic mass is 35.5. The Kier molecular flexibility index (Phi) is 2.72. The van der Waals surface area contributed by atoms with Crippen molar-refractivity contribution in [2.75, 3.05) is 0 Å². The van der Waals surface area contributed by atoms with Crippen molar-refractivity contribution in [3.8, 4) is 0 Å². The second-order valence-corrected chi connectivity index (χ2v) is 6.24. The Bertz CT molecular complexity index is 556. The molecule has 99 valence electrons. The Hall–Kier alpha value is -1.04. The monoisotopic (exact) mass is 277 g/mol. The van der Waals surface area contributed by atoms with E-state index >= 15 is 0 Å². The number of fused-ring (bicyclic) bond motifs is 1. The maximum Gasteiger partial charge on any atom is 0.496 e. The summed E-state index contributed by atoms with van der Waals surface area (Å²) >= 11 is 6.08. The Balaban J connectivity index is 1.93. The predicted molar refractivity (Wildman–Crippen MR) is 75.6 cm³/mol. The Morgan fingerprint density at radius 2 is 1.79 bits per heavy atom. The smallest absolute Gasteiger partial charge is 0.399 e. The first-order valence-corrected chi connectivity index (χ1v) is 6.60. The topological polar surface area (TPSA) is 45.5 Å². The van der Waals surface area contributed by atoms with Crippen LogP contribution in [-0.4, -0.2) is 23.3 Å². The molecule has 0 atom stereocenters. The van der Waals surface area contributed by atoms with Crippen molar-refractivity contribution in [3.63, 3.8) is 0 Å². The van der Waals surface area contributed by atoms with Gasteiger partial charge in [-0.15, -0.1) is 0 Å². The Morgan fingerprint density at radius 1 is 1.16 bits per heavy atom. The van der Waals surface area contributed by atoms with E-state index in [9.17, 15) is 0 Å². The number of rotatable bonds is 1. The molecule has 2 aliphatic rings. The number of aromatic nitrogens is 1. The Labute approximate surface area is 118 Å². The lowest BCUT2D eigenvalue weighted by Crippen LogP contribution is -2.41. The number of hydrogen-bond donors (Lipinski definition) is 0. The number of halogens is 1. The van der Waals surface area contributed by atoms with Gasteiger partial charge in [-0.05, 0) is 33.8 Å². The largest absolute Gasteiger partial charge is 0.496 e. The molecule has 6 heteroatoms. The number of hydrogen-bond acceptors (Lipinski definition) is 3. The van der Waals surface area contributed by atoms with Gasteiger partial charge in [0.05, 0.1) is 16.2 Å². The van der Waals surface area contributed by atoms with Crippen LogP contribution in [0.25, 0.3) is 5.03 Å². The van der Waals surface area contributed by atoms with E-state index in [4.69, 9.17) is 20.9 Å². The maximum absolute atomic E-state index is 6.08. The fraction of sp³-hybridized carbons (Fsp3) is 0.462. The summed E-state index contributed by atoms with van der Waals surface area (Å²) in [6.07, 6.45) is 3.33. The lowest BCUT2D eigenvalue weighted by atomic mass is 9.79. The third kappa shape index (κ3) is 1.97. The fourth-order valence-electron chi connectivity index (χ4n) is 2.05. The summed E-state index contributed by atoms with van der Waals surface area (Å²) in [7, 11) is -0.423. The van der Waals surface area contributed by atoms with E-state index in [2.05, 4.69) is 10.3 Å². The molecule has 1 saturated heterocycles. The molecule has 1 fully saturated rings. The van der Waals surface area contributed by atoms with Crippen LogP contribution in [0.2, 0.25) is 0 Å². The van der Waals surface area contributed by atoms with E-state index in [1.807, 2.05) is 33.8 Å². The third-order valence-corrected chi connectivity index (χ3v) is 4.27. The summed E-state index contributed by atoms with van der Waals surface area (Å²) in [5, 5.41) is 4.72.